The quantitative estimate of drug-likeness (QED) is 0.674. The number of fused-ring (bicyclic) bond motifs is 1. The van der Waals surface area contributed by atoms with Crippen LogP contribution >= 0.6 is 0 Å². The highest BCUT2D eigenvalue weighted by Crippen LogP contribution is 2.22. The van der Waals surface area contributed by atoms with Crippen molar-refractivity contribution in [1.29, 1.82) is 0 Å². The first kappa shape index (κ1) is 9.97. The van der Waals surface area contributed by atoms with Gasteiger partial charge >= 0.3 is 0 Å². The van der Waals surface area contributed by atoms with E-state index < -0.39 is 0 Å². The Morgan fingerprint density at radius 2 is 2.29 bits per heavy atom. The molecule has 2 fully saturated rings. The maximum atomic E-state index is 11.4. The number of piperazine rings is 1. The van der Waals surface area contributed by atoms with Gasteiger partial charge in [0.2, 0.25) is 5.91 Å². The molecule has 3 nitrogen and oxygen atoms in total. The minimum absolute atomic E-state index is 0.380. The highest BCUT2D eigenvalue weighted by atomic mass is 16.2. The fourth-order valence-corrected chi connectivity index (χ4v) is 2.51. The van der Waals surface area contributed by atoms with Gasteiger partial charge in [-0.3, -0.25) is 9.69 Å². The summed E-state index contributed by atoms with van der Waals surface area (Å²) in [5.41, 5.74) is 0. The lowest BCUT2D eigenvalue weighted by atomic mass is 10.1. The van der Waals surface area contributed by atoms with E-state index in [9.17, 15) is 4.79 Å². The molecule has 14 heavy (non-hydrogen) atoms. The molecule has 0 aromatic heterocycles. The molecule has 0 N–H and O–H groups in total. The van der Waals surface area contributed by atoms with Crippen LogP contribution in [0.2, 0.25) is 0 Å². The van der Waals surface area contributed by atoms with E-state index >= 15 is 0 Å². The number of nitrogens with zero attached hydrogens (tertiary/aromatic N) is 2. The highest BCUT2D eigenvalue weighted by Gasteiger charge is 2.34. The Balaban J connectivity index is 1.83. The third-order valence-corrected chi connectivity index (χ3v) is 3.41. The van der Waals surface area contributed by atoms with Crippen molar-refractivity contribution in [1.82, 2.24) is 9.80 Å². The minimum atomic E-state index is 0.380. The van der Waals surface area contributed by atoms with E-state index in [1.165, 1.54) is 19.4 Å². The Kier molecular flexibility index (Phi) is 3.06. The van der Waals surface area contributed by atoms with E-state index in [4.69, 9.17) is 0 Å². The number of carbonyl (C=O) groups excluding carboxylic acids is 1. The number of carbonyl (C=O) groups is 1. The lowest BCUT2D eigenvalue weighted by Crippen LogP contribution is -2.51. The second-order valence-corrected chi connectivity index (χ2v) is 4.43. The van der Waals surface area contributed by atoms with Crippen LogP contribution < -0.4 is 0 Å². The Morgan fingerprint density at radius 1 is 1.43 bits per heavy atom. The van der Waals surface area contributed by atoms with Crippen molar-refractivity contribution in [2.45, 2.75) is 38.6 Å². The van der Waals surface area contributed by atoms with Gasteiger partial charge in [-0.1, -0.05) is 13.3 Å². The predicted molar refractivity (Wildman–Crippen MR) is 56.1 cm³/mol. The number of amides is 1. The highest BCUT2D eigenvalue weighted by molar-refractivity contribution is 5.78. The Hall–Kier alpha value is -0.570. The van der Waals surface area contributed by atoms with Gasteiger partial charge in [-0.05, 0) is 19.4 Å². The summed E-state index contributed by atoms with van der Waals surface area (Å²) in [6.07, 6.45) is 4.43. The van der Waals surface area contributed by atoms with Crippen molar-refractivity contribution in [3.05, 3.63) is 0 Å². The number of rotatable bonds is 3. The van der Waals surface area contributed by atoms with Crippen LogP contribution in [0.3, 0.4) is 0 Å². The molecule has 2 heterocycles. The maximum Gasteiger partial charge on any atom is 0.222 e. The zero-order valence-corrected chi connectivity index (χ0v) is 9.04. The SMILES string of the molecule is CCCCN1CCN2C(=O)CC[C@H]2C1. The van der Waals surface area contributed by atoms with Gasteiger partial charge in [0.25, 0.3) is 0 Å². The monoisotopic (exact) mass is 196 g/mol. The van der Waals surface area contributed by atoms with Crippen molar-refractivity contribution >= 4 is 5.91 Å². The molecular weight excluding hydrogens is 176 g/mol. The summed E-state index contributed by atoms with van der Waals surface area (Å²) in [7, 11) is 0. The molecule has 0 aromatic carbocycles. The van der Waals surface area contributed by atoms with E-state index in [-0.39, 0.29) is 0 Å². The third-order valence-electron chi connectivity index (χ3n) is 3.41. The summed E-state index contributed by atoms with van der Waals surface area (Å²) >= 11 is 0. The molecule has 0 aliphatic carbocycles. The molecular formula is C11H20N2O. The Bertz CT molecular complexity index is 217. The molecule has 2 aliphatic rings. The van der Waals surface area contributed by atoms with Gasteiger partial charge in [0, 0.05) is 32.1 Å². The maximum absolute atomic E-state index is 11.4. The molecule has 0 aromatic rings. The number of hydrogen-bond donors (Lipinski definition) is 0. The van der Waals surface area contributed by atoms with Crippen molar-refractivity contribution in [3.8, 4) is 0 Å². The van der Waals surface area contributed by atoms with Gasteiger partial charge in [0.05, 0.1) is 0 Å². The van der Waals surface area contributed by atoms with E-state index in [2.05, 4.69) is 16.7 Å². The first-order valence-electron chi connectivity index (χ1n) is 5.83. The second-order valence-electron chi connectivity index (χ2n) is 4.43. The fourth-order valence-electron chi connectivity index (χ4n) is 2.51. The van der Waals surface area contributed by atoms with Gasteiger partial charge < -0.3 is 4.90 Å². The van der Waals surface area contributed by atoms with E-state index in [0.717, 1.165) is 32.5 Å². The van der Waals surface area contributed by atoms with Gasteiger partial charge in [0.1, 0.15) is 0 Å². The molecule has 2 saturated heterocycles. The van der Waals surface area contributed by atoms with Gasteiger partial charge in [-0.15, -0.1) is 0 Å². The number of hydrogen-bond acceptors (Lipinski definition) is 2. The minimum Gasteiger partial charge on any atom is -0.337 e. The molecule has 1 atom stereocenters. The summed E-state index contributed by atoms with van der Waals surface area (Å²) in [5, 5.41) is 0. The largest absolute Gasteiger partial charge is 0.337 e. The standard InChI is InChI=1S/C11H20N2O/c1-2-3-6-12-7-8-13-10(9-12)4-5-11(13)14/h10H,2-9H2,1H3/t10-/m0/s1. The normalized spacial score (nSPS) is 28.2. The van der Waals surface area contributed by atoms with Crippen LogP contribution in [0, 0.1) is 0 Å². The van der Waals surface area contributed by atoms with Crippen molar-refractivity contribution in [2.75, 3.05) is 26.2 Å². The van der Waals surface area contributed by atoms with Crippen molar-refractivity contribution in [3.63, 3.8) is 0 Å². The topological polar surface area (TPSA) is 23.6 Å². The van der Waals surface area contributed by atoms with Crippen LogP contribution in [-0.2, 0) is 4.79 Å². The summed E-state index contributed by atoms with van der Waals surface area (Å²) in [4.78, 5) is 16.0. The average molecular weight is 196 g/mol. The average Bonchev–Trinajstić information content (AvgIpc) is 2.57. The van der Waals surface area contributed by atoms with Crippen LogP contribution in [0.25, 0.3) is 0 Å². The van der Waals surface area contributed by atoms with Crippen LogP contribution in [0.1, 0.15) is 32.6 Å². The molecule has 80 valence electrons. The van der Waals surface area contributed by atoms with Crippen LogP contribution in [0.5, 0.6) is 0 Å². The Labute approximate surface area is 86.1 Å². The first-order chi connectivity index (χ1) is 6.81. The van der Waals surface area contributed by atoms with Crippen molar-refractivity contribution < 1.29 is 4.79 Å². The second kappa shape index (κ2) is 4.30. The lowest BCUT2D eigenvalue weighted by molar-refractivity contribution is -0.130. The molecule has 0 saturated carbocycles. The predicted octanol–water partition coefficient (Wildman–Crippen LogP) is 1.09. The molecule has 0 unspecified atom stereocenters. The molecule has 0 bridgehead atoms. The molecule has 1 amide bonds. The van der Waals surface area contributed by atoms with Crippen LogP contribution in [-0.4, -0.2) is 47.9 Å². The molecule has 0 radical (unpaired) electrons. The summed E-state index contributed by atoms with van der Waals surface area (Å²) in [6, 6.07) is 0.535. The van der Waals surface area contributed by atoms with E-state index in [1.54, 1.807) is 0 Å². The lowest BCUT2D eigenvalue weighted by Gasteiger charge is -2.37. The van der Waals surface area contributed by atoms with Crippen LogP contribution in [0.15, 0.2) is 0 Å². The summed E-state index contributed by atoms with van der Waals surface area (Å²) in [5.74, 6) is 0.380. The van der Waals surface area contributed by atoms with E-state index in [0.29, 0.717) is 11.9 Å². The summed E-state index contributed by atoms with van der Waals surface area (Å²) in [6.45, 7) is 6.62. The molecule has 0 spiro atoms. The van der Waals surface area contributed by atoms with E-state index in [1.807, 2.05) is 0 Å². The van der Waals surface area contributed by atoms with Gasteiger partial charge in [-0.25, -0.2) is 0 Å². The summed E-state index contributed by atoms with van der Waals surface area (Å²) < 4.78 is 0. The molecule has 3 heteroatoms. The molecule has 2 rings (SSSR count). The van der Waals surface area contributed by atoms with Gasteiger partial charge in [-0.2, -0.15) is 0 Å². The zero-order valence-electron chi connectivity index (χ0n) is 9.04. The van der Waals surface area contributed by atoms with Gasteiger partial charge in [0.15, 0.2) is 0 Å². The Morgan fingerprint density at radius 3 is 3.07 bits per heavy atom. The van der Waals surface area contributed by atoms with Crippen molar-refractivity contribution in [2.24, 2.45) is 0 Å². The smallest absolute Gasteiger partial charge is 0.222 e. The van der Waals surface area contributed by atoms with Crippen LogP contribution in [0.4, 0.5) is 0 Å². The zero-order chi connectivity index (χ0) is 9.97. The molecule has 2 aliphatic heterocycles. The first-order valence-corrected chi connectivity index (χ1v) is 5.83. The third kappa shape index (κ3) is 1.92. The number of unbranched alkanes of at least 4 members (excludes halogenated alkanes) is 1. The fraction of sp³-hybridized carbons (Fsp3) is 0.909.